The minimum Gasteiger partial charge on any atom is -0.507 e. The summed E-state index contributed by atoms with van der Waals surface area (Å²) < 4.78 is 34.4. The Morgan fingerprint density at radius 3 is 2.59 bits per heavy atom. The molecule has 0 saturated carbocycles. The number of rotatable bonds is 5. The largest absolute Gasteiger partial charge is 0.507 e. The van der Waals surface area contributed by atoms with Crippen LogP contribution in [0.2, 0.25) is 10.0 Å². The number of fused-ring (bicyclic) bond motifs is 2. The van der Waals surface area contributed by atoms with Gasteiger partial charge in [-0.05, 0) is 42.5 Å². The van der Waals surface area contributed by atoms with Crippen molar-refractivity contribution in [3.63, 3.8) is 0 Å². The lowest BCUT2D eigenvalue weighted by atomic mass is 10.0. The molecule has 4 aromatic rings. The molecule has 0 amide bonds. The number of nitrogens with one attached hydrogen (secondary N) is 1. The van der Waals surface area contributed by atoms with Crippen molar-refractivity contribution in [1.82, 2.24) is 14.2 Å². The van der Waals surface area contributed by atoms with E-state index in [2.05, 4.69) is 10.2 Å². The van der Waals surface area contributed by atoms with Crippen LogP contribution in [-0.2, 0) is 16.6 Å². The monoisotopic (exact) mass is 583 g/mol. The van der Waals surface area contributed by atoms with Gasteiger partial charge in [0, 0.05) is 54.9 Å². The lowest BCUT2D eigenvalue weighted by Crippen LogP contribution is -2.42. The van der Waals surface area contributed by atoms with Gasteiger partial charge in [0.05, 0.1) is 21.7 Å². The van der Waals surface area contributed by atoms with E-state index in [9.17, 15) is 18.3 Å². The first-order chi connectivity index (χ1) is 18.7. The quantitative estimate of drug-likeness (QED) is 0.322. The maximum atomic E-state index is 13.6. The number of carbonyl (C=O) groups is 1. The minimum atomic E-state index is -4.09. The number of hydrogen-bond donors (Lipinski definition) is 2. The van der Waals surface area contributed by atoms with Gasteiger partial charge in [-0.1, -0.05) is 41.4 Å². The number of ketones is 1. The Kier molecular flexibility index (Phi) is 6.65. The maximum absolute atomic E-state index is 13.6. The Morgan fingerprint density at radius 1 is 1.05 bits per heavy atom. The second-order valence-electron chi connectivity index (χ2n) is 9.38. The highest BCUT2D eigenvalue weighted by molar-refractivity contribution is 7.90. The first kappa shape index (κ1) is 25.9. The summed E-state index contributed by atoms with van der Waals surface area (Å²) in [5.41, 5.74) is 1.79. The van der Waals surface area contributed by atoms with E-state index < -0.39 is 10.0 Å². The first-order valence-electron chi connectivity index (χ1n) is 12.3. The number of nitrogens with zero attached hydrogens (tertiary/aromatic N) is 2. The molecule has 0 spiro atoms. The zero-order chi connectivity index (χ0) is 27.3. The van der Waals surface area contributed by atoms with Crippen molar-refractivity contribution < 1.29 is 23.1 Å². The van der Waals surface area contributed by atoms with Gasteiger partial charge in [-0.15, -0.1) is 0 Å². The molecule has 2 aliphatic heterocycles. The molecule has 2 N–H and O–H groups in total. The summed E-state index contributed by atoms with van der Waals surface area (Å²) >= 11 is 12.2. The van der Waals surface area contributed by atoms with Crippen molar-refractivity contribution in [3.05, 3.63) is 93.3 Å². The van der Waals surface area contributed by atoms with Gasteiger partial charge in [0.1, 0.15) is 16.4 Å². The summed E-state index contributed by atoms with van der Waals surface area (Å²) in [6.07, 6.45) is 2.97. The molecule has 0 aliphatic carbocycles. The summed E-state index contributed by atoms with van der Waals surface area (Å²) in [5, 5.41) is 14.8. The number of aromatic hydroxyl groups is 1. The Morgan fingerprint density at radius 2 is 1.82 bits per heavy atom. The van der Waals surface area contributed by atoms with Crippen LogP contribution in [0.5, 0.6) is 11.5 Å². The Balaban J connectivity index is 1.41. The highest BCUT2D eigenvalue weighted by Gasteiger charge is 2.32. The molecule has 3 heterocycles. The third-order valence-electron chi connectivity index (χ3n) is 6.93. The molecular formula is C28H23Cl2N3O5S. The van der Waals surface area contributed by atoms with Gasteiger partial charge in [0.15, 0.2) is 5.76 Å². The first-order valence-corrected chi connectivity index (χ1v) is 14.5. The van der Waals surface area contributed by atoms with Gasteiger partial charge in [-0.25, -0.2) is 12.4 Å². The number of aromatic nitrogens is 1. The van der Waals surface area contributed by atoms with Gasteiger partial charge in [0.2, 0.25) is 5.78 Å². The molecule has 8 nitrogen and oxygen atoms in total. The van der Waals surface area contributed by atoms with Crippen molar-refractivity contribution in [2.24, 2.45) is 0 Å². The SMILES string of the molecule is O=C1/C(=C/c2cn(S(=O)(=O)c3ccc(Cl)cc3Cl)c3ccccc23)Oc2c1ccc(O)c2CN1CCNCC1. The number of piperazine rings is 1. The third-order valence-corrected chi connectivity index (χ3v) is 9.33. The average molecular weight is 584 g/mol. The summed E-state index contributed by atoms with van der Waals surface area (Å²) in [4.78, 5) is 15.4. The van der Waals surface area contributed by atoms with Crippen LogP contribution in [0.1, 0.15) is 21.5 Å². The Bertz CT molecular complexity index is 1780. The van der Waals surface area contributed by atoms with E-state index in [1.165, 1.54) is 36.5 Å². The summed E-state index contributed by atoms with van der Waals surface area (Å²) in [5.74, 6) is 0.0898. The van der Waals surface area contributed by atoms with Crippen LogP contribution in [-0.4, -0.2) is 54.4 Å². The number of allylic oxidation sites excluding steroid dienone is 1. The topological polar surface area (TPSA) is 101 Å². The number of carbonyl (C=O) groups excluding carboxylic acids is 1. The van der Waals surface area contributed by atoms with Gasteiger partial charge >= 0.3 is 0 Å². The van der Waals surface area contributed by atoms with Crippen molar-refractivity contribution in [3.8, 4) is 11.5 Å². The molecule has 200 valence electrons. The lowest BCUT2D eigenvalue weighted by Gasteiger charge is -2.27. The normalized spacial score (nSPS) is 17.1. The van der Waals surface area contributed by atoms with E-state index in [4.69, 9.17) is 27.9 Å². The second kappa shape index (κ2) is 10.0. The number of para-hydroxylation sites is 1. The molecular weight excluding hydrogens is 561 g/mol. The molecule has 0 radical (unpaired) electrons. The highest BCUT2D eigenvalue weighted by Crippen LogP contribution is 2.41. The van der Waals surface area contributed by atoms with Crippen LogP contribution in [0.15, 0.2) is 71.4 Å². The number of halogens is 2. The van der Waals surface area contributed by atoms with Crippen LogP contribution in [0.25, 0.3) is 17.0 Å². The summed E-state index contributed by atoms with van der Waals surface area (Å²) in [6.45, 7) is 3.75. The number of ether oxygens (including phenoxy) is 1. The molecule has 3 aromatic carbocycles. The predicted molar refractivity (Wildman–Crippen MR) is 150 cm³/mol. The molecule has 1 aromatic heterocycles. The number of benzene rings is 3. The molecule has 11 heteroatoms. The third kappa shape index (κ3) is 4.60. The predicted octanol–water partition coefficient (Wildman–Crippen LogP) is 4.91. The fourth-order valence-corrected chi connectivity index (χ4v) is 7.09. The van der Waals surface area contributed by atoms with Crippen LogP contribution < -0.4 is 10.1 Å². The minimum absolute atomic E-state index is 0.00163. The zero-order valence-corrected chi connectivity index (χ0v) is 22.9. The fourth-order valence-electron chi connectivity index (χ4n) is 4.96. The standard InChI is InChI=1S/C28H23Cl2N3O5S/c29-18-5-8-26(22(30)14-18)39(36,37)33-15-17(19-3-1-2-4-23(19)33)13-25-27(35)20-6-7-24(34)21(28(20)38-25)16-32-11-9-31-10-12-32/h1-8,13-15,31,34H,9-12,16H2/b25-13-. The highest BCUT2D eigenvalue weighted by atomic mass is 35.5. The van der Waals surface area contributed by atoms with Crippen LogP contribution in [0.3, 0.4) is 0 Å². The lowest BCUT2D eigenvalue weighted by molar-refractivity contribution is 0.101. The number of phenolic OH excluding ortho intramolecular Hbond substituents is 1. The van der Waals surface area contributed by atoms with E-state index in [1.807, 2.05) is 0 Å². The van der Waals surface area contributed by atoms with Crippen LogP contribution >= 0.6 is 23.2 Å². The number of hydrogen-bond acceptors (Lipinski definition) is 7. The molecule has 0 bridgehead atoms. The van der Waals surface area contributed by atoms with E-state index >= 15 is 0 Å². The zero-order valence-electron chi connectivity index (χ0n) is 20.5. The van der Waals surface area contributed by atoms with Gasteiger partial charge in [-0.2, -0.15) is 0 Å². The second-order valence-corrected chi connectivity index (χ2v) is 12.0. The maximum Gasteiger partial charge on any atom is 0.269 e. The Hall–Kier alpha value is -3.34. The van der Waals surface area contributed by atoms with E-state index in [0.717, 1.165) is 30.2 Å². The van der Waals surface area contributed by atoms with Crippen molar-refractivity contribution >= 4 is 56.0 Å². The van der Waals surface area contributed by atoms with Gasteiger partial charge in [-0.3, -0.25) is 9.69 Å². The van der Waals surface area contributed by atoms with E-state index in [-0.39, 0.29) is 27.2 Å². The number of phenols is 1. The van der Waals surface area contributed by atoms with E-state index in [0.29, 0.717) is 44.9 Å². The van der Waals surface area contributed by atoms with Crippen LogP contribution in [0.4, 0.5) is 0 Å². The van der Waals surface area contributed by atoms with Crippen molar-refractivity contribution in [2.75, 3.05) is 26.2 Å². The molecule has 6 rings (SSSR count). The number of Topliss-reactive ketones (excluding diaryl/α,β-unsaturated/α-hetero) is 1. The van der Waals surface area contributed by atoms with Crippen LogP contribution in [0, 0.1) is 0 Å². The molecule has 0 atom stereocenters. The Labute approximate surface area is 235 Å². The van der Waals surface area contributed by atoms with Crippen molar-refractivity contribution in [1.29, 1.82) is 0 Å². The van der Waals surface area contributed by atoms with E-state index in [1.54, 1.807) is 30.3 Å². The molecule has 0 unspecified atom stereocenters. The van der Waals surface area contributed by atoms with Gasteiger partial charge in [0.25, 0.3) is 10.0 Å². The molecule has 2 aliphatic rings. The summed E-state index contributed by atoms with van der Waals surface area (Å²) in [6, 6.07) is 14.2. The smallest absolute Gasteiger partial charge is 0.269 e. The van der Waals surface area contributed by atoms with Crippen molar-refractivity contribution in [2.45, 2.75) is 11.4 Å². The van der Waals surface area contributed by atoms with Gasteiger partial charge < -0.3 is 15.2 Å². The molecule has 1 saturated heterocycles. The molecule has 1 fully saturated rings. The fraction of sp³-hybridized carbons (Fsp3) is 0.179. The summed E-state index contributed by atoms with van der Waals surface area (Å²) in [7, 11) is -4.09. The molecule has 39 heavy (non-hydrogen) atoms. The average Bonchev–Trinajstić information content (AvgIpc) is 3.44.